The van der Waals surface area contributed by atoms with Crippen LogP contribution in [0.5, 0.6) is 0 Å². The number of fused-ring (bicyclic) bond motifs is 3. The van der Waals surface area contributed by atoms with Crippen molar-refractivity contribution >= 4 is 47.2 Å². The molecular formula is C33H38Cl3Zr. The van der Waals surface area contributed by atoms with Crippen LogP contribution in [0.2, 0.25) is 5.02 Å². The molecule has 4 heteroatoms. The van der Waals surface area contributed by atoms with Gasteiger partial charge in [-0.3, -0.25) is 0 Å². The van der Waals surface area contributed by atoms with Crippen molar-refractivity contribution in [3.05, 3.63) is 103 Å². The van der Waals surface area contributed by atoms with E-state index in [1.807, 2.05) is 6.07 Å². The topological polar surface area (TPSA) is 0 Å². The molecule has 1 atom stereocenters. The number of benzene rings is 3. The van der Waals surface area contributed by atoms with E-state index in [2.05, 4.69) is 108 Å². The Morgan fingerprint density at radius 1 is 0.838 bits per heavy atom. The minimum absolute atomic E-state index is 0. The van der Waals surface area contributed by atoms with Crippen molar-refractivity contribution in [2.24, 2.45) is 0 Å². The molecule has 5 rings (SSSR count). The van der Waals surface area contributed by atoms with Gasteiger partial charge in [-0.15, -0.1) is 24.8 Å². The van der Waals surface area contributed by atoms with E-state index in [0.717, 1.165) is 17.9 Å². The molecule has 0 saturated carbocycles. The van der Waals surface area contributed by atoms with Crippen LogP contribution < -0.4 is 6.54 Å². The van der Waals surface area contributed by atoms with Gasteiger partial charge >= 0.3 is 222 Å². The zero-order valence-electron chi connectivity index (χ0n) is 22.7. The Kier molecular flexibility index (Phi) is 8.79. The number of rotatable bonds is 3. The molecule has 0 spiro atoms. The molecule has 3 aromatic carbocycles. The molecule has 0 aliphatic heterocycles. The van der Waals surface area contributed by atoms with Crippen LogP contribution in [0.25, 0.3) is 11.1 Å². The van der Waals surface area contributed by atoms with Gasteiger partial charge in [0.2, 0.25) is 0 Å². The molecule has 0 radical (unpaired) electrons. The summed E-state index contributed by atoms with van der Waals surface area (Å²) in [7, 11) is 0. The van der Waals surface area contributed by atoms with Crippen LogP contribution in [-0.2, 0) is 37.0 Å². The fourth-order valence-electron chi connectivity index (χ4n) is 5.86. The zero-order chi connectivity index (χ0) is 25.2. The van der Waals surface area contributed by atoms with E-state index in [4.69, 9.17) is 15.8 Å². The standard InChI is InChI=1S/C21H25.C6H4Cl.C5H5.CH2.2ClH.Zr/c1-20(2,3)16-7-9-18-14(12-16)11-15-13-17(21(4,5)6)8-10-19(15)18;7-6-4-2-1-3-5-6;1-2-4-5-3-1;;;;/h7-10,12H,11H2,1-6H3;1-2,4-5H;1-3H,4H2;1H2;2*1H;. The van der Waals surface area contributed by atoms with E-state index < -0.39 is 19.8 Å². The summed E-state index contributed by atoms with van der Waals surface area (Å²) in [6.45, 7) is 14.0. The number of allylic oxidation sites excluding steroid dienone is 4. The first-order valence-corrected chi connectivity index (χ1v) is 18.5. The monoisotopic (exact) mass is 629 g/mol. The Balaban J connectivity index is 0.00000190. The first-order valence-electron chi connectivity index (χ1n) is 12.7. The molecule has 195 valence electrons. The molecule has 0 bridgehead atoms. The van der Waals surface area contributed by atoms with Gasteiger partial charge in [-0.2, -0.15) is 0 Å². The van der Waals surface area contributed by atoms with E-state index in [1.54, 1.807) is 3.27 Å². The van der Waals surface area contributed by atoms with Crippen LogP contribution in [0.4, 0.5) is 0 Å². The number of halogens is 3. The quantitative estimate of drug-likeness (QED) is 0.212. The minimum atomic E-state index is -3.57. The van der Waals surface area contributed by atoms with Gasteiger partial charge in [-0.1, -0.05) is 0 Å². The van der Waals surface area contributed by atoms with Crippen molar-refractivity contribution < 1.29 is 19.8 Å². The molecule has 1 unspecified atom stereocenters. The van der Waals surface area contributed by atoms with Gasteiger partial charge in [-0.25, -0.2) is 0 Å². The van der Waals surface area contributed by atoms with Crippen molar-refractivity contribution in [1.29, 1.82) is 0 Å². The Labute approximate surface area is 244 Å². The Morgan fingerprint density at radius 3 is 2.14 bits per heavy atom. The summed E-state index contributed by atoms with van der Waals surface area (Å²) in [6.07, 6.45) is 8.86. The average molecular weight is 632 g/mol. The van der Waals surface area contributed by atoms with Gasteiger partial charge in [0.05, 0.1) is 0 Å². The van der Waals surface area contributed by atoms with Crippen LogP contribution >= 0.6 is 36.4 Å². The van der Waals surface area contributed by atoms with Crippen molar-refractivity contribution in [2.75, 3.05) is 0 Å². The maximum atomic E-state index is 6.60. The predicted molar refractivity (Wildman–Crippen MR) is 166 cm³/mol. The maximum absolute atomic E-state index is 6.60. The van der Waals surface area contributed by atoms with Crippen molar-refractivity contribution in [1.82, 2.24) is 0 Å². The Morgan fingerprint density at radius 2 is 1.54 bits per heavy atom. The van der Waals surface area contributed by atoms with E-state index in [0.29, 0.717) is 0 Å². The van der Waals surface area contributed by atoms with Crippen molar-refractivity contribution in [3.63, 3.8) is 0 Å². The first kappa shape index (κ1) is 30.3. The molecule has 0 N–H and O–H groups in total. The van der Waals surface area contributed by atoms with Gasteiger partial charge in [0.1, 0.15) is 0 Å². The molecule has 2 aliphatic rings. The van der Waals surface area contributed by atoms with E-state index >= 15 is 0 Å². The van der Waals surface area contributed by atoms with Crippen LogP contribution in [0.15, 0.2) is 76.1 Å². The molecule has 0 amide bonds. The second-order valence-corrected chi connectivity index (χ2v) is 21.4. The SMILES string of the molecule is Cl.Cl.[CH2]=[Zr]([C]1=CC=CC1)([c]1cccc(Cl)c1)[c]1c(C(C)(C)C)ccc2c1Cc1cc(C(C)(C)C)ccc1-2. The summed E-state index contributed by atoms with van der Waals surface area (Å²) >= 11 is 3.03. The second-order valence-electron chi connectivity index (χ2n) is 12.3. The van der Waals surface area contributed by atoms with Gasteiger partial charge in [0, 0.05) is 0 Å². The van der Waals surface area contributed by atoms with E-state index in [-0.39, 0.29) is 35.6 Å². The Bertz CT molecular complexity index is 1450. The van der Waals surface area contributed by atoms with Crippen LogP contribution in [-0.4, -0.2) is 4.21 Å². The molecule has 0 fully saturated rings. The van der Waals surface area contributed by atoms with Crippen LogP contribution in [0.3, 0.4) is 0 Å². The van der Waals surface area contributed by atoms with E-state index in [1.165, 1.54) is 39.9 Å². The molecule has 0 nitrogen and oxygen atoms in total. The molecular weight excluding hydrogens is 594 g/mol. The third kappa shape index (κ3) is 5.32. The summed E-state index contributed by atoms with van der Waals surface area (Å²) in [4.78, 5) is 0. The summed E-state index contributed by atoms with van der Waals surface area (Å²) in [5, 5.41) is 0.807. The second kappa shape index (κ2) is 10.7. The summed E-state index contributed by atoms with van der Waals surface area (Å²) in [6, 6.07) is 20.5. The fraction of sp³-hybridized carbons (Fsp3) is 0.303. The third-order valence-electron chi connectivity index (χ3n) is 7.81. The summed E-state index contributed by atoms with van der Waals surface area (Å²) in [5.41, 5.74) is 8.80. The van der Waals surface area contributed by atoms with Crippen molar-refractivity contribution in [2.45, 2.75) is 65.2 Å². The van der Waals surface area contributed by atoms with E-state index in [9.17, 15) is 0 Å². The molecule has 0 aromatic heterocycles. The molecule has 3 aromatic rings. The van der Waals surface area contributed by atoms with Gasteiger partial charge in [0.15, 0.2) is 0 Å². The van der Waals surface area contributed by atoms with Crippen LogP contribution in [0.1, 0.15) is 70.2 Å². The number of hydrogen-bond acceptors (Lipinski definition) is 0. The molecule has 2 aliphatic carbocycles. The van der Waals surface area contributed by atoms with Crippen molar-refractivity contribution in [3.8, 4) is 11.1 Å². The summed E-state index contributed by atoms with van der Waals surface area (Å²) in [5.74, 6) is 0. The first-order chi connectivity index (χ1) is 16.4. The normalized spacial score (nSPS) is 15.7. The molecule has 0 heterocycles. The third-order valence-corrected chi connectivity index (χ3v) is 18.3. The van der Waals surface area contributed by atoms with Gasteiger partial charge in [-0.05, 0) is 0 Å². The molecule has 0 saturated heterocycles. The average Bonchev–Trinajstić information content (AvgIpc) is 3.44. The zero-order valence-corrected chi connectivity index (χ0v) is 27.6. The van der Waals surface area contributed by atoms with Crippen LogP contribution in [0, 0.1) is 0 Å². The van der Waals surface area contributed by atoms with Gasteiger partial charge < -0.3 is 0 Å². The fourth-order valence-corrected chi connectivity index (χ4v) is 16.8. The Hall–Kier alpha value is -1.24. The number of hydrogen-bond donors (Lipinski definition) is 0. The van der Waals surface area contributed by atoms with Gasteiger partial charge in [0.25, 0.3) is 0 Å². The predicted octanol–water partition coefficient (Wildman–Crippen LogP) is 8.73. The summed E-state index contributed by atoms with van der Waals surface area (Å²) < 4.78 is 9.71. The molecule has 37 heavy (non-hydrogen) atoms.